The Morgan fingerprint density at radius 2 is 2.15 bits per heavy atom. The Morgan fingerprint density at radius 1 is 1.35 bits per heavy atom. The van der Waals surface area contributed by atoms with Crippen LogP contribution in [0.2, 0.25) is 5.02 Å². The fraction of sp³-hybridized carbons (Fsp3) is 0.304. The van der Waals surface area contributed by atoms with Crippen molar-refractivity contribution in [2.75, 3.05) is 19.5 Å². The number of methoxy groups -OCH3 is 1. The molecule has 0 radical (unpaired) electrons. The first kappa shape index (κ1) is 25.2. The molecule has 0 aliphatic carbocycles. The Labute approximate surface area is 205 Å². The SMILES string of the molecule is CCOc1ccc([C@H]2C(C#N)=C(SCC(=O)NCc3ccco3)NC(=O)[C@@H]2C(=O)OC)cc1Cl. The summed E-state index contributed by atoms with van der Waals surface area (Å²) in [5, 5.41) is 15.7. The van der Waals surface area contributed by atoms with E-state index in [-0.39, 0.29) is 33.8 Å². The van der Waals surface area contributed by atoms with E-state index in [1.807, 2.05) is 6.92 Å². The van der Waals surface area contributed by atoms with Gasteiger partial charge in [-0.25, -0.2) is 0 Å². The van der Waals surface area contributed by atoms with Crippen molar-refractivity contribution in [3.63, 3.8) is 0 Å². The van der Waals surface area contributed by atoms with Crippen LogP contribution in [0, 0.1) is 17.2 Å². The van der Waals surface area contributed by atoms with Crippen molar-refractivity contribution in [3.05, 3.63) is 63.5 Å². The fourth-order valence-electron chi connectivity index (χ4n) is 3.45. The average molecular weight is 504 g/mol. The number of furan rings is 1. The fourth-order valence-corrected chi connectivity index (χ4v) is 4.57. The lowest BCUT2D eigenvalue weighted by Gasteiger charge is -2.31. The van der Waals surface area contributed by atoms with Crippen LogP contribution in [-0.4, -0.2) is 37.3 Å². The third-order valence-corrected chi connectivity index (χ3v) is 6.30. The van der Waals surface area contributed by atoms with Gasteiger partial charge < -0.3 is 24.5 Å². The summed E-state index contributed by atoms with van der Waals surface area (Å²) in [6.07, 6.45) is 1.50. The lowest BCUT2D eigenvalue weighted by atomic mass is 9.78. The number of carbonyl (C=O) groups excluding carboxylic acids is 3. The number of halogens is 1. The highest BCUT2D eigenvalue weighted by molar-refractivity contribution is 8.03. The van der Waals surface area contributed by atoms with Gasteiger partial charge >= 0.3 is 5.97 Å². The zero-order valence-corrected chi connectivity index (χ0v) is 20.0. The summed E-state index contributed by atoms with van der Waals surface area (Å²) in [5.41, 5.74) is 0.592. The number of benzene rings is 1. The highest BCUT2D eigenvalue weighted by atomic mass is 35.5. The van der Waals surface area contributed by atoms with Crippen LogP contribution in [0.1, 0.15) is 24.2 Å². The van der Waals surface area contributed by atoms with E-state index < -0.39 is 23.7 Å². The van der Waals surface area contributed by atoms with Crippen LogP contribution >= 0.6 is 23.4 Å². The first-order valence-electron chi connectivity index (χ1n) is 10.3. The molecule has 0 saturated heterocycles. The van der Waals surface area contributed by atoms with Gasteiger partial charge in [0.1, 0.15) is 17.4 Å². The van der Waals surface area contributed by atoms with Gasteiger partial charge in [-0.3, -0.25) is 14.4 Å². The number of rotatable bonds is 9. The minimum absolute atomic E-state index is 0.0683. The van der Waals surface area contributed by atoms with E-state index in [0.717, 1.165) is 11.8 Å². The predicted molar refractivity (Wildman–Crippen MR) is 125 cm³/mol. The van der Waals surface area contributed by atoms with Crippen molar-refractivity contribution >= 4 is 41.1 Å². The maximum Gasteiger partial charge on any atom is 0.319 e. The van der Waals surface area contributed by atoms with Crippen LogP contribution in [0.4, 0.5) is 0 Å². The number of hydrogen-bond donors (Lipinski definition) is 2. The Kier molecular flexibility index (Phi) is 8.62. The number of allylic oxidation sites excluding steroid dienone is 1. The van der Waals surface area contributed by atoms with E-state index in [1.54, 1.807) is 30.3 Å². The second-order valence-corrected chi connectivity index (χ2v) is 8.48. The van der Waals surface area contributed by atoms with E-state index in [2.05, 4.69) is 16.7 Å². The Hall–Kier alpha value is -3.42. The van der Waals surface area contributed by atoms with Crippen LogP contribution in [0.25, 0.3) is 0 Å². The predicted octanol–water partition coefficient (Wildman–Crippen LogP) is 3.12. The molecule has 2 aromatic rings. The van der Waals surface area contributed by atoms with Gasteiger partial charge in [-0.2, -0.15) is 5.26 Å². The number of carbonyl (C=O) groups is 3. The van der Waals surface area contributed by atoms with Gasteiger partial charge in [0.25, 0.3) is 0 Å². The molecule has 2 heterocycles. The van der Waals surface area contributed by atoms with E-state index in [4.69, 9.17) is 25.5 Å². The zero-order chi connectivity index (χ0) is 24.7. The summed E-state index contributed by atoms with van der Waals surface area (Å²) in [4.78, 5) is 37.7. The molecule has 0 saturated carbocycles. The maximum atomic E-state index is 12.9. The number of hydrogen-bond acceptors (Lipinski definition) is 8. The number of amides is 2. The molecule has 11 heteroatoms. The van der Waals surface area contributed by atoms with Crippen LogP contribution in [0.5, 0.6) is 5.75 Å². The Balaban J connectivity index is 1.89. The summed E-state index contributed by atoms with van der Waals surface area (Å²) < 4.78 is 15.5. The van der Waals surface area contributed by atoms with Crippen molar-refractivity contribution in [3.8, 4) is 11.8 Å². The monoisotopic (exact) mass is 503 g/mol. The highest BCUT2D eigenvalue weighted by Gasteiger charge is 2.44. The van der Waals surface area contributed by atoms with Gasteiger partial charge in [0.15, 0.2) is 0 Å². The van der Waals surface area contributed by atoms with E-state index in [1.165, 1.54) is 13.4 Å². The summed E-state index contributed by atoms with van der Waals surface area (Å²) in [6, 6.07) is 10.3. The highest BCUT2D eigenvalue weighted by Crippen LogP contribution is 2.42. The van der Waals surface area contributed by atoms with Crippen molar-refractivity contribution < 1.29 is 28.3 Å². The molecule has 2 atom stereocenters. The second-order valence-electron chi connectivity index (χ2n) is 7.09. The molecule has 0 bridgehead atoms. The van der Waals surface area contributed by atoms with Crippen molar-refractivity contribution in [2.45, 2.75) is 19.4 Å². The molecular formula is C23H22ClN3O6S. The van der Waals surface area contributed by atoms with Gasteiger partial charge in [0.2, 0.25) is 11.8 Å². The van der Waals surface area contributed by atoms with Crippen molar-refractivity contribution in [1.82, 2.24) is 10.6 Å². The number of nitrogens with one attached hydrogen (secondary N) is 2. The topological polar surface area (TPSA) is 131 Å². The third kappa shape index (κ3) is 5.73. The van der Waals surface area contributed by atoms with Gasteiger partial charge in [-0.15, -0.1) is 0 Å². The van der Waals surface area contributed by atoms with Crippen molar-refractivity contribution in [1.29, 1.82) is 5.26 Å². The van der Waals surface area contributed by atoms with E-state index >= 15 is 0 Å². The maximum absolute atomic E-state index is 12.9. The molecule has 1 aliphatic rings. The van der Waals surface area contributed by atoms with E-state index in [9.17, 15) is 19.6 Å². The van der Waals surface area contributed by atoms with Crippen molar-refractivity contribution in [2.24, 2.45) is 5.92 Å². The van der Waals surface area contributed by atoms with Crippen LogP contribution in [0.3, 0.4) is 0 Å². The molecule has 0 unspecified atom stereocenters. The average Bonchev–Trinajstić information content (AvgIpc) is 3.35. The molecule has 1 aromatic carbocycles. The summed E-state index contributed by atoms with van der Waals surface area (Å²) in [5.74, 6) is -3.04. The first-order chi connectivity index (χ1) is 16.4. The van der Waals surface area contributed by atoms with Gasteiger partial charge in [0, 0.05) is 5.92 Å². The largest absolute Gasteiger partial charge is 0.492 e. The molecule has 9 nitrogen and oxygen atoms in total. The molecule has 0 spiro atoms. The normalized spacial score (nSPS) is 17.5. The number of esters is 1. The molecule has 1 aromatic heterocycles. The second kappa shape index (κ2) is 11.6. The van der Waals surface area contributed by atoms with E-state index in [0.29, 0.717) is 23.7 Å². The molecule has 2 N–H and O–H groups in total. The number of nitrogens with zero attached hydrogens (tertiary/aromatic N) is 1. The number of thioether (sulfide) groups is 1. The standard InChI is InChI=1S/C23H22ClN3O6S/c1-3-32-17-7-6-13(9-16(17)24)19-15(10-25)22(27-21(29)20(19)23(30)31-2)34-12-18(28)26-11-14-5-4-8-33-14/h4-9,19-20H,3,11-12H2,1-2H3,(H,26,28)(H,27,29)/t19-,20+/m0/s1. The lowest BCUT2D eigenvalue weighted by Crippen LogP contribution is -2.44. The molecule has 34 heavy (non-hydrogen) atoms. The molecular weight excluding hydrogens is 482 g/mol. The number of nitriles is 1. The summed E-state index contributed by atoms with van der Waals surface area (Å²) in [6.45, 7) is 2.43. The minimum Gasteiger partial charge on any atom is -0.492 e. The van der Waals surface area contributed by atoms with Gasteiger partial charge in [-0.05, 0) is 36.8 Å². The molecule has 1 aliphatic heterocycles. The smallest absolute Gasteiger partial charge is 0.319 e. The van der Waals surface area contributed by atoms with Gasteiger partial charge in [-0.1, -0.05) is 29.4 Å². The van der Waals surface area contributed by atoms with Gasteiger partial charge in [0.05, 0.1) is 54.0 Å². The third-order valence-electron chi connectivity index (χ3n) is 4.99. The quantitative estimate of drug-likeness (QED) is 0.394. The van der Waals surface area contributed by atoms with Crippen LogP contribution in [0.15, 0.2) is 51.6 Å². The zero-order valence-electron chi connectivity index (χ0n) is 18.4. The Morgan fingerprint density at radius 3 is 2.76 bits per heavy atom. The van der Waals surface area contributed by atoms with Crippen LogP contribution < -0.4 is 15.4 Å². The minimum atomic E-state index is -1.30. The summed E-state index contributed by atoms with van der Waals surface area (Å²) >= 11 is 7.31. The molecule has 0 fully saturated rings. The molecule has 2 amide bonds. The number of ether oxygens (including phenoxy) is 2. The first-order valence-corrected chi connectivity index (χ1v) is 11.6. The lowest BCUT2D eigenvalue weighted by molar-refractivity contribution is -0.150. The summed E-state index contributed by atoms with van der Waals surface area (Å²) in [7, 11) is 1.17. The Bertz CT molecular complexity index is 1140. The molecule has 3 rings (SSSR count). The molecule has 178 valence electrons. The van der Waals surface area contributed by atoms with Crippen LogP contribution in [-0.2, 0) is 25.7 Å².